The maximum Gasteiger partial charge on any atom is 0.255 e. The van der Waals surface area contributed by atoms with Crippen LogP contribution in [0.5, 0.6) is 0 Å². The van der Waals surface area contributed by atoms with Gasteiger partial charge in [-0.2, -0.15) is 19.6 Å². The Hall–Kier alpha value is -1.40. The molecule has 1 aliphatic rings. The molecule has 1 saturated carbocycles. The summed E-state index contributed by atoms with van der Waals surface area (Å²) in [7, 11) is 0. The molecule has 0 saturated heterocycles. The van der Waals surface area contributed by atoms with Crippen LogP contribution in [0.3, 0.4) is 0 Å². The SMILES string of the molecule is Cc1c(Cl)nc2ncnn2c1NCC1CC(O)C1. The third-order valence-corrected chi connectivity index (χ3v) is 3.74. The second-order valence-electron chi connectivity index (χ2n) is 4.72. The van der Waals surface area contributed by atoms with Crippen LogP contribution in [-0.4, -0.2) is 37.3 Å². The first-order valence-corrected chi connectivity index (χ1v) is 6.30. The number of hydrogen-bond donors (Lipinski definition) is 2. The number of fused-ring (bicyclic) bond motifs is 1. The molecule has 6 nitrogen and oxygen atoms in total. The first-order chi connectivity index (χ1) is 8.65. The normalized spacial score (nSPS) is 23.1. The van der Waals surface area contributed by atoms with Gasteiger partial charge in [-0.25, -0.2) is 0 Å². The maximum absolute atomic E-state index is 9.27. The zero-order chi connectivity index (χ0) is 12.7. The summed E-state index contributed by atoms with van der Waals surface area (Å²) >= 11 is 6.06. The molecular formula is C11H14ClN5O. The van der Waals surface area contributed by atoms with Crippen LogP contribution in [0.2, 0.25) is 5.15 Å². The Labute approximate surface area is 109 Å². The molecule has 0 bridgehead atoms. The molecule has 0 spiro atoms. The number of aliphatic hydroxyl groups excluding tert-OH is 1. The quantitative estimate of drug-likeness (QED) is 0.819. The van der Waals surface area contributed by atoms with E-state index in [1.54, 1.807) is 4.52 Å². The van der Waals surface area contributed by atoms with Gasteiger partial charge >= 0.3 is 0 Å². The molecule has 2 aromatic rings. The van der Waals surface area contributed by atoms with Crippen LogP contribution in [0.4, 0.5) is 5.82 Å². The minimum Gasteiger partial charge on any atom is -0.393 e. The number of nitrogens with one attached hydrogen (secondary N) is 1. The minimum atomic E-state index is -0.134. The van der Waals surface area contributed by atoms with E-state index in [1.807, 2.05) is 6.92 Å². The summed E-state index contributed by atoms with van der Waals surface area (Å²) < 4.78 is 1.65. The molecule has 0 unspecified atom stereocenters. The van der Waals surface area contributed by atoms with E-state index in [0.29, 0.717) is 16.8 Å². The van der Waals surface area contributed by atoms with Gasteiger partial charge in [0.2, 0.25) is 0 Å². The van der Waals surface area contributed by atoms with Crippen molar-refractivity contribution in [1.82, 2.24) is 19.6 Å². The van der Waals surface area contributed by atoms with Gasteiger partial charge in [0.05, 0.1) is 6.10 Å². The van der Waals surface area contributed by atoms with Crippen LogP contribution in [0.25, 0.3) is 5.78 Å². The molecule has 2 aromatic heterocycles. The summed E-state index contributed by atoms with van der Waals surface area (Å²) in [6.45, 7) is 2.70. The number of rotatable bonds is 3. The van der Waals surface area contributed by atoms with Crippen LogP contribution in [0.1, 0.15) is 18.4 Å². The molecule has 96 valence electrons. The fourth-order valence-corrected chi connectivity index (χ4v) is 2.38. The van der Waals surface area contributed by atoms with Crippen molar-refractivity contribution in [3.8, 4) is 0 Å². The lowest BCUT2D eigenvalue weighted by Crippen LogP contribution is -2.33. The predicted octanol–water partition coefficient (Wildman–Crippen LogP) is 1.27. The van der Waals surface area contributed by atoms with Crippen molar-refractivity contribution in [3.63, 3.8) is 0 Å². The Bertz CT molecular complexity index is 578. The Morgan fingerprint density at radius 1 is 1.56 bits per heavy atom. The van der Waals surface area contributed by atoms with E-state index in [2.05, 4.69) is 20.4 Å². The molecule has 0 radical (unpaired) electrons. The van der Waals surface area contributed by atoms with Crippen LogP contribution < -0.4 is 5.32 Å². The highest BCUT2D eigenvalue weighted by atomic mass is 35.5. The highest BCUT2D eigenvalue weighted by Crippen LogP contribution is 2.28. The Morgan fingerprint density at radius 2 is 2.33 bits per heavy atom. The average Bonchev–Trinajstić information content (AvgIpc) is 2.74. The molecule has 0 atom stereocenters. The van der Waals surface area contributed by atoms with Crippen molar-refractivity contribution in [2.24, 2.45) is 5.92 Å². The van der Waals surface area contributed by atoms with E-state index in [-0.39, 0.29) is 6.10 Å². The molecule has 1 aliphatic carbocycles. The number of aliphatic hydroxyl groups is 1. The predicted molar refractivity (Wildman–Crippen MR) is 67.7 cm³/mol. The minimum absolute atomic E-state index is 0.134. The Morgan fingerprint density at radius 3 is 3.06 bits per heavy atom. The third-order valence-electron chi connectivity index (χ3n) is 3.37. The standard InChI is InChI=1S/C11H14ClN5O/c1-6-9(12)16-11-14-5-15-17(11)10(6)13-4-7-2-8(18)3-7/h5,7-8,13,18H,2-4H2,1H3. The smallest absolute Gasteiger partial charge is 0.255 e. The maximum atomic E-state index is 9.27. The van der Waals surface area contributed by atoms with Crippen molar-refractivity contribution in [3.05, 3.63) is 17.0 Å². The summed E-state index contributed by atoms with van der Waals surface area (Å²) in [5.41, 5.74) is 0.856. The van der Waals surface area contributed by atoms with Crippen LogP contribution in [-0.2, 0) is 0 Å². The third kappa shape index (κ3) is 1.91. The molecule has 0 aromatic carbocycles. The summed E-state index contributed by atoms with van der Waals surface area (Å²) in [5.74, 6) is 1.82. The summed E-state index contributed by atoms with van der Waals surface area (Å²) in [5, 5.41) is 17.2. The van der Waals surface area contributed by atoms with Crippen molar-refractivity contribution in [2.45, 2.75) is 25.9 Å². The van der Waals surface area contributed by atoms with Crippen LogP contribution >= 0.6 is 11.6 Å². The van der Waals surface area contributed by atoms with Gasteiger partial charge in [0.25, 0.3) is 5.78 Å². The molecule has 2 N–H and O–H groups in total. The van der Waals surface area contributed by atoms with Crippen molar-refractivity contribution >= 4 is 23.2 Å². The van der Waals surface area contributed by atoms with Gasteiger partial charge in [-0.15, -0.1) is 0 Å². The lowest BCUT2D eigenvalue weighted by Gasteiger charge is -2.31. The fourth-order valence-electron chi connectivity index (χ4n) is 2.21. The molecule has 0 amide bonds. The molecular weight excluding hydrogens is 254 g/mol. The van der Waals surface area contributed by atoms with Crippen molar-refractivity contribution in [2.75, 3.05) is 11.9 Å². The lowest BCUT2D eigenvalue weighted by atomic mass is 9.82. The zero-order valence-corrected chi connectivity index (χ0v) is 10.7. The van der Waals surface area contributed by atoms with Gasteiger partial charge in [0.15, 0.2) is 0 Å². The highest BCUT2D eigenvalue weighted by molar-refractivity contribution is 6.30. The van der Waals surface area contributed by atoms with E-state index < -0.39 is 0 Å². The Kier molecular flexibility index (Phi) is 2.83. The second kappa shape index (κ2) is 4.37. The van der Waals surface area contributed by atoms with Crippen LogP contribution in [0, 0.1) is 12.8 Å². The molecule has 2 heterocycles. The van der Waals surface area contributed by atoms with Crippen molar-refractivity contribution < 1.29 is 5.11 Å². The Balaban J connectivity index is 1.85. The summed E-state index contributed by atoms with van der Waals surface area (Å²) in [6.07, 6.45) is 3.03. The average molecular weight is 268 g/mol. The molecule has 18 heavy (non-hydrogen) atoms. The first-order valence-electron chi connectivity index (χ1n) is 5.93. The van der Waals surface area contributed by atoms with Crippen molar-refractivity contribution in [1.29, 1.82) is 0 Å². The number of anilines is 1. The van der Waals surface area contributed by atoms with Gasteiger partial charge < -0.3 is 10.4 Å². The van der Waals surface area contributed by atoms with E-state index >= 15 is 0 Å². The molecule has 0 aliphatic heterocycles. The monoisotopic (exact) mass is 267 g/mol. The number of nitrogens with zero attached hydrogens (tertiary/aromatic N) is 4. The highest BCUT2D eigenvalue weighted by Gasteiger charge is 2.27. The molecule has 1 fully saturated rings. The number of hydrogen-bond acceptors (Lipinski definition) is 5. The number of halogens is 1. The second-order valence-corrected chi connectivity index (χ2v) is 5.08. The summed E-state index contributed by atoms with van der Waals surface area (Å²) in [4.78, 5) is 8.17. The lowest BCUT2D eigenvalue weighted by molar-refractivity contribution is 0.0486. The van der Waals surface area contributed by atoms with Gasteiger partial charge in [-0.05, 0) is 25.7 Å². The van der Waals surface area contributed by atoms with Gasteiger partial charge in [0.1, 0.15) is 17.3 Å². The van der Waals surface area contributed by atoms with Gasteiger partial charge in [-0.3, -0.25) is 0 Å². The van der Waals surface area contributed by atoms with E-state index in [9.17, 15) is 5.11 Å². The molecule has 3 rings (SSSR count). The number of aromatic nitrogens is 4. The molecule has 7 heteroatoms. The summed E-state index contributed by atoms with van der Waals surface area (Å²) in [6, 6.07) is 0. The van der Waals surface area contributed by atoms with E-state index in [1.165, 1.54) is 6.33 Å². The van der Waals surface area contributed by atoms with Gasteiger partial charge in [-0.1, -0.05) is 11.6 Å². The van der Waals surface area contributed by atoms with E-state index in [0.717, 1.165) is 30.8 Å². The van der Waals surface area contributed by atoms with Gasteiger partial charge in [0, 0.05) is 12.1 Å². The fraction of sp³-hybridized carbons (Fsp3) is 0.545. The topological polar surface area (TPSA) is 75.3 Å². The van der Waals surface area contributed by atoms with E-state index in [4.69, 9.17) is 11.6 Å². The first kappa shape index (κ1) is 11.7. The van der Waals surface area contributed by atoms with Crippen LogP contribution in [0.15, 0.2) is 6.33 Å². The zero-order valence-electron chi connectivity index (χ0n) is 9.97. The largest absolute Gasteiger partial charge is 0.393 e.